The fraction of sp³-hybridized carbons (Fsp3) is 0.500. The number of hydrogen-bond acceptors (Lipinski definition) is 4. The first kappa shape index (κ1) is 14.7. The van der Waals surface area contributed by atoms with Gasteiger partial charge in [-0.2, -0.15) is 4.98 Å². The molecule has 2 unspecified atom stereocenters. The summed E-state index contributed by atoms with van der Waals surface area (Å²) in [6.45, 7) is 4.28. The van der Waals surface area contributed by atoms with E-state index < -0.39 is 0 Å². The van der Waals surface area contributed by atoms with Gasteiger partial charge in [-0.1, -0.05) is 55.8 Å². The van der Waals surface area contributed by atoms with Gasteiger partial charge in [-0.05, 0) is 19.0 Å². The first-order chi connectivity index (χ1) is 9.76. The second-order valence-electron chi connectivity index (χ2n) is 5.12. The summed E-state index contributed by atoms with van der Waals surface area (Å²) in [5.41, 5.74) is 1.23. The van der Waals surface area contributed by atoms with Gasteiger partial charge in [0.2, 0.25) is 5.89 Å². The van der Waals surface area contributed by atoms with Gasteiger partial charge in [0.05, 0.1) is 5.92 Å². The summed E-state index contributed by atoms with van der Waals surface area (Å²) in [6.07, 6.45) is 3.13. The van der Waals surface area contributed by atoms with Gasteiger partial charge < -0.3 is 9.84 Å². The fourth-order valence-corrected chi connectivity index (χ4v) is 2.40. The number of rotatable bonds is 7. The molecule has 0 bridgehead atoms. The highest BCUT2D eigenvalue weighted by atomic mass is 16.5. The van der Waals surface area contributed by atoms with Crippen LogP contribution >= 0.6 is 0 Å². The molecule has 2 atom stereocenters. The quantitative estimate of drug-likeness (QED) is 0.839. The number of likely N-dealkylation sites (N-methyl/N-ethyl adjacent to an activating group) is 1. The number of aryl methyl sites for hydroxylation is 1. The molecule has 4 heteroatoms. The molecule has 1 aromatic carbocycles. The Morgan fingerprint density at radius 1 is 1.25 bits per heavy atom. The summed E-state index contributed by atoms with van der Waals surface area (Å²) < 4.78 is 5.43. The van der Waals surface area contributed by atoms with Gasteiger partial charge in [0, 0.05) is 12.5 Å². The zero-order valence-electron chi connectivity index (χ0n) is 12.5. The third-order valence-electron chi connectivity index (χ3n) is 3.60. The number of unbranched alkanes of at least 4 members (excludes halogenated alkanes) is 1. The van der Waals surface area contributed by atoms with Gasteiger partial charge in [0.25, 0.3) is 0 Å². The molecule has 20 heavy (non-hydrogen) atoms. The van der Waals surface area contributed by atoms with Crippen molar-refractivity contribution in [2.75, 3.05) is 7.05 Å². The predicted octanol–water partition coefficient (Wildman–Crippen LogP) is 3.48. The fourth-order valence-electron chi connectivity index (χ4n) is 2.40. The van der Waals surface area contributed by atoms with Crippen LogP contribution in [-0.2, 0) is 6.42 Å². The average Bonchev–Trinajstić information content (AvgIpc) is 2.96. The minimum absolute atomic E-state index is 0.144. The molecule has 1 aromatic heterocycles. The van der Waals surface area contributed by atoms with Crippen LogP contribution in [0.25, 0.3) is 0 Å². The summed E-state index contributed by atoms with van der Waals surface area (Å²) in [6, 6.07) is 10.5. The van der Waals surface area contributed by atoms with Crippen molar-refractivity contribution < 1.29 is 4.52 Å². The lowest BCUT2D eigenvalue weighted by Gasteiger charge is -2.21. The molecule has 0 saturated carbocycles. The van der Waals surface area contributed by atoms with E-state index in [1.165, 1.54) is 5.56 Å². The number of nitrogens with one attached hydrogen (secondary N) is 1. The highest BCUT2D eigenvalue weighted by Crippen LogP contribution is 2.29. The summed E-state index contributed by atoms with van der Waals surface area (Å²) in [4.78, 5) is 4.52. The second kappa shape index (κ2) is 7.20. The lowest BCUT2D eigenvalue weighted by atomic mass is 9.94. The van der Waals surface area contributed by atoms with E-state index >= 15 is 0 Å². The summed E-state index contributed by atoms with van der Waals surface area (Å²) in [7, 11) is 1.96. The maximum atomic E-state index is 5.43. The molecule has 4 nitrogen and oxygen atoms in total. The normalized spacial score (nSPS) is 14.2. The Hall–Kier alpha value is -1.68. The maximum absolute atomic E-state index is 5.43. The highest BCUT2D eigenvalue weighted by Gasteiger charge is 2.24. The topological polar surface area (TPSA) is 51.0 Å². The first-order valence-corrected chi connectivity index (χ1v) is 7.31. The molecule has 2 rings (SSSR count). The van der Waals surface area contributed by atoms with Crippen LogP contribution in [0.4, 0.5) is 0 Å². The van der Waals surface area contributed by atoms with Crippen LogP contribution in [0.5, 0.6) is 0 Å². The van der Waals surface area contributed by atoms with Crippen molar-refractivity contribution in [1.82, 2.24) is 15.5 Å². The van der Waals surface area contributed by atoms with E-state index in [1.54, 1.807) is 0 Å². The van der Waals surface area contributed by atoms with Crippen LogP contribution in [0.1, 0.15) is 55.9 Å². The number of benzene rings is 1. The number of nitrogens with zero attached hydrogens (tertiary/aromatic N) is 2. The Morgan fingerprint density at radius 2 is 2.00 bits per heavy atom. The minimum Gasteiger partial charge on any atom is -0.339 e. The Balaban J connectivity index is 2.12. The first-order valence-electron chi connectivity index (χ1n) is 7.31. The van der Waals surface area contributed by atoms with E-state index in [4.69, 9.17) is 4.52 Å². The van der Waals surface area contributed by atoms with Crippen molar-refractivity contribution in [1.29, 1.82) is 0 Å². The molecule has 0 saturated heterocycles. The molecule has 2 aromatic rings. The van der Waals surface area contributed by atoms with Crippen molar-refractivity contribution in [3.8, 4) is 0 Å². The van der Waals surface area contributed by atoms with Crippen LogP contribution < -0.4 is 5.32 Å². The zero-order valence-corrected chi connectivity index (χ0v) is 12.5. The van der Waals surface area contributed by atoms with Crippen molar-refractivity contribution in [3.63, 3.8) is 0 Å². The van der Waals surface area contributed by atoms with Crippen LogP contribution in [-0.4, -0.2) is 17.2 Å². The standard InChI is InChI=1S/C16H23N3O/c1-4-5-11-14-18-16(20-19-14)12(2)15(17-3)13-9-7-6-8-10-13/h6-10,12,15,17H,4-5,11H2,1-3H3. The lowest BCUT2D eigenvalue weighted by molar-refractivity contribution is 0.328. The van der Waals surface area contributed by atoms with E-state index in [-0.39, 0.29) is 12.0 Å². The Bertz CT molecular complexity index is 509. The molecule has 0 spiro atoms. The monoisotopic (exact) mass is 273 g/mol. The average molecular weight is 273 g/mol. The van der Waals surface area contributed by atoms with Gasteiger partial charge in [-0.3, -0.25) is 0 Å². The third kappa shape index (κ3) is 3.45. The van der Waals surface area contributed by atoms with Gasteiger partial charge in [0.1, 0.15) is 0 Å². The molecule has 0 radical (unpaired) electrons. The van der Waals surface area contributed by atoms with Crippen molar-refractivity contribution in [2.24, 2.45) is 0 Å². The van der Waals surface area contributed by atoms with Gasteiger partial charge in [0.15, 0.2) is 5.82 Å². The van der Waals surface area contributed by atoms with E-state index in [2.05, 4.69) is 41.4 Å². The maximum Gasteiger partial charge on any atom is 0.231 e. The molecule has 108 valence electrons. The smallest absolute Gasteiger partial charge is 0.231 e. The Kier molecular flexibility index (Phi) is 5.30. The Morgan fingerprint density at radius 3 is 2.65 bits per heavy atom. The van der Waals surface area contributed by atoms with E-state index in [0.717, 1.165) is 25.1 Å². The molecule has 1 heterocycles. The van der Waals surface area contributed by atoms with Crippen molar-refractivity contribution in [3.05, 3.63) is 47.6 Å². The third-order valence-corrected chi connectivity index (χ3v) is 3.60. The number of hydrogen-bond donors (Lipinski definition) is 1. The predicted molar refractivity (Wildman–Crippen MR) is 79.6 cm³/mol. The summed E-state index contributed by atoms with van der Waals surface area (Å²) in [5, 5.41) is 7.41. The molecule has 0 fully saturated rings. The molecule has 0 amide bonds. The van der Waals surface area contributed by atoms with Crippen molar-refractivity contribution in [2.45, 2.75) is 45.1 Å². The zero-order chi connectivity index (χ0) is 14.4. The largest absolute Gasteiger partial charge is 0.339 e. The molecule has 1 N–H and O–H groups in total. The van der Waals surface area contributed by atoms with Crippen LogP contribution in [0.2, 0.25) is 0 Å². The van der Waals surface area contributed by atoms with E-state index in [1.807, 2.05) is 25.2 Å². The Labute approximate surface area is 120 Å². The molecular weight excluding hydrogens is 250 g/mol. The minimum atomic E-state index is 0.144. The summed E-state index contributed by atoms with van der Waals surface area (Å²) in [5.74, 6) is 1.67. The van der Waals surface area contributed by atoms with Gasteiger partial charge in [-0.15, -0.1) is 0 Å². The van der Waals surface area contributed by atoms with Crippen LogP contribution in [0, 0.1) is 0 Å². The van der Waals surface area contributed by atoms with Gasteiger partial charge >= 0.3 is 0 Å². The lowest BCUT2D eigenvalue weighted by Crippen LogP contribution is -2.22. The van der Waals surface area contributed by atoms with E-state index in [0.29, 0.717) is 5.89 Å². The van der Waals surface area contributed by atoms with Gasteiger partial charge in [-0.25, -0.2) is 0 Å². The number of aromatic nitrogens is 2. The second-order valence-corrected chi connectivity index (χ2v) is 5.12. The van der Waals surface area contributed by atoms with Crippen molar-refractivity contribution >= 4 is 0 Å². The highest BCUT2D eigenvalue weighted by molar-refractivity contribution is 5.21. The molecule has 0 aliphatic carbocycles. The SMILES string of the molecule is CCCCc1noc(C(C)C(NC)c2ccccc2)n1. The van der Waals surface area contributed by atoms with Crippen LogP contribution in [0.15, 0.2) is 34.9 Å². The molecule has 0 aliphatic heterocycles. The molecule has 0 aliphatic rings. The van der Waals surface area contributed by atoms with E-state index in [9.17, 15) is 0 Å². The van der Waals surface area contributed by atoms with Crippen LogP contribution in [0.3, 0.4) is 0 Å². The summed E-state index contributed by atoms with van der Waals surface area (Å²) >= 11 is 0. The molecular formula is C16H23N3O.